The third kappa shape index (κ3) is 3.69. The third-order valence-corrected chi connectivity index (χ3v) is 4.36. The van der Waals surface area contributed by atoms with Crippen LogP contribution in [0.3, 0.4) is 0 Å². The first-order chi connectivity index (χ1) is 8.66. The summed E-state index contributed by atoms with van der Waals surface area (Å²) in [5.74, 6) is 0.765. The van der Waals surface area contributed by atoms with E-state index < -0.39 is 0 Å². The van der Waals surface area contributed by atoms with E-state index in [0.29, 0.717) is 12.0 Å². The fraction of sp³-hybridized carbons (Fsp3) is 0.929. The minimum absolute atomic E-state index is 0.109. The number of ether oxygens (including phenoxy) is 1. The number of hydrogen-bond acceptors (Lipinski definition) is 3. The van der Waals surface area contributed by atoms with E-state index in [9.17, 15) is 4.79 Å². The number of nitrogens with one attached hydrogen (secondary N) is 1. The van der Waals surface area contributed by atoms with Gasteiger partial charge in [-0.3, -0.25) is 4.79 Å². The Hall–Kier alpha value is -0.610. The first-order valence-corrected chi connectivity index (χ1v) is 7.31. The molecule has 4 heteroatoms. The molecule has 104 valence electrons. The van der Waals surface area contributed by atoms with Crippen molar-refractivity contribution in [3.63, 3.8) is 0 Å². The lowest BCUT2D eigenvalue weighted by molar-refractivity contribution is -0.127. The Morgan fingerprint density at radius 2 is 2.22 bits per heavy atom. The molecule has 1 heterocycles. The van der Waals surface area contributed by atoms with Gasteiger partial charge in [0.25, 0.3) is 0 Å². The van der Waals surface area contributed by atoms with Gasteiger partial charge in [0, 0.05) is 25.1 Å². The number of nitrogens with two attached hydrogens (primary N) is 1. The normalized spacial score (nSPS) is 36.6. The van der Waals surface area contributed by atoms with Crippen LogP contribution in [0.2, 0.25) is 0 Å². The minimum atomic E-state index is 0.109. The Morgan fingerprint density at radius 1 is 1.39 bits per heavy atom. The van der Waals surface area contributed by atoms with E-state index in [0.717, 1.165) is 51.7 Å². The van der Waals surface area contributed by atoms with Crippen molar-refractivity contribution in [2.24, 2.45) is 17.6 Å². The van der Waals surface area contributed by atoms with Crippen molar-refractivity contribution in [3.8, 4) is 0 Å². The zero-order valence-corrected chi connectivity index (χ0v) is 11.4. The molecule has 1 amide bonds. The van der Waals surface area contributed by atoms with Gasteiger partial charge < -0.3 is 15.8 Å². The molecule has 0 aromatic heterocycles. The van der Waals surface area contributed by atoms with Gasteiger partial charge >= 0.3 is 0 Å². The number of carbonyl (C=O) groups excluding carboxylic acids is 1. The Morgan fingerprint density at radius 3 is 2.94 bits per heavy atom. The highest BCUT2D eigenvalue weighted by molar-refractivity contribution is 5.79. The second kappa shape index (κ2) is 6.53. The van der Waals surface area contributed by atoms with Crippen molar-refractivity contribution in [1.82, 2.24) is 5.32 Å². The number of carbonyl (C=O) groups is 1. The van der Waals surface area contributed by atoms with Crippen LogP contribution in [0.25, 0.3) is 0 Å². The highest BCUT2D eigenvalue weighted by atomic mass is 16.5. The van der Waals surface area contributed by atoms with Gasteiger partial charge in [-0.25, -0.2) is 0 Å². The smallest absolute Gasteiger partial charge is 0.223 e. The zero-order valence-electron chi connectivity index (χ0n) is 11.4. The average molecular weight is 254 g/mol. The van der Waals surface area contributed by atoms with Crippen LogP contribution in [0.4, 0.5) is 0 Å². The van der Waals surface area contributed by atoms with Crippen molar-refractivity contribution < 1.29 is 9.53 Å². The summed E-state index contributed by atoms with van der Waals surface area (Å²) in [4.78, 5) is 12.1. The van der Waals surface area contributed by atoms with Crippen LogP contribution in [0.5, 0.6) is 0 Å². The second-order valence-corrected chi connectivity index (χ2v) is 5.87. The van der Waals surface area contributed by atoms with Gasteiger partial charge in [0.1, 0.15) is 0 Å². The lowest BCUT2D eigenvalue weighted by atomic mass is 9.77. The zero-order chi connectivity index (χ0) is 13.0. The van der Waals surface area contributed by atoms with E-state index in [1.54, 1.807) is 0 Å². The summed E-state index contributed by atoms with van der Waals surface area (Å²) < 4.78 is 5.55. The predicted molar refractivity (Wildman–Crippen MR) is 71.1 cm³/mol. The van der Waals surface area contributed by atoms with Crippen LogP contribution in [-0.4, -0.2) is 31.2 Å². The van der Waals surface area contributed by atoms with Crippen LogP contribution in [-0.2, 0) is 9.53 Å². The highest BCUT2D eigenvalue weighted by Gasteiger charge is 2.31. The van der Waals surface area contributed by atoms with E-state index in [2.05, 4.69) is 12.2 Å². The molecule has 1 saturated carbocycles. The predicted octanol–water partition coefficient (Wildman–Crippen LogP) is 1.44. The van der Waals surface area contributed by atoms with Gasteiger partial charge in [-0.1, -0.05) is 6.92 Å². The fourth-order valence-corrected chi connectivity index (χ4v) is 3.08. The average Bonchev–Trinajstić information content (AvgIpc) is 2.85. The van der Waals surface area contributed by atoms with Gasteiger partial charge in [0.2, 0.25) is 5.91 Å². The van der Waals surface area contributed by atoms with Crippen molar-refractivity contribution in [2.75, 3.05) is 13.2 Å². The third-order valence-electron chi connectivity index (χ3n) is 4.36. The maximum Gasteiger partial charge on any atom is 0.223 e. The topological polar surface area (TPSA) is 64.4 Å². The molecule has 1 saturated heterocycles. The first-order valence-electron chi connectivity index (χ1n) is 7.31. The molecule has 0 bridgehead atoms. The van der Waals surface area contributed by atoms with Gasteiger partial charge in [0.15, 0.2) is 0 Å². The maximum absolute atomic E-state index is 12.1. The van der Waals surface area contributed by atoms with Gasteiger partial charge in [-0.2, -0.15) is 0 Å². The lowest BCUT2D eigenvalue weighted by Gasteiger charge is -2.31. The SMILES string of the molecule is CC1CCC(N)CC1C(=O)NCCC1CCCO1. The molecular weight excluding hydrogens is 228 g/mol. The van der Waals surface area contributed by atoms with E-state index >= 15 is 0 Å². The molecule has 2 rings (SSSR count). The lowest BCUT2D eigenvalue weighted by Crippen LogP contribution is -2.42. The van der Waals surface area contributed by atoms with E-state index in [-0.39, 0.29) is 17.9 Å². The van der Waals surface area contributed by atoms with Crippen molar-refractivity contribution in [1.29, 1.82) is 0 Å². The van der Waals surface area contributed by atoms with Crippen LogP contribution >= 0.6 is 0 Å². The van der Waals surface area contributed by atoms with Crippen molar-refractivity contribution in [3.05, 3.63) is 0 Å². The Balaban J connectivity index is 1.69. The van der Waals surface area contributed by atoms with Crippen molar-refractivity contribution in [2.45, 2.75) is 57.6 Å². The summed E-state index contributed by atoms with van der Waals surface area (Å²) in [5.41, 5.74) is 5.95. The Labute approximate surface area is 110 Å². The molecule has 18 heavy (non-hydrogen) atoms. The van der Waals surface area contributed by atoms with Crippen LogP contribution in [0.15, 0.2) is 0 Å². The summed E-state index contributed by atoms with van der Waals surface area (Å²) in [7, 11) is 0. The summed E-state index contributed by atoms with van der Waals surface area (Å²) in [6.07, 6.45) is 6.57. The quantitative estimate of drug-likeness (QED) is 0.798. The molecule has 0 radical (unpaired) electrons. The van der Waals surface area contributed by atoms with Crippen molar-refractivity contribution >= 4 is 5.91 Å². The molecule has 1 aliphatic carbocycles. The second-order valence-electron chi connectivity index (χ2n) is 5.87. The van der Waals surface area contributed by atoms with Crippen LogP contribution in [0, 0.1) is 11.8 Å². The molecule has 0 aromatic carbocycles. The molecule has 4 nitrogen and oxygen atoms in total. The molecule has 0 spiro atoms. The molecule has 2 aliphatic rings. The number of rotatable bonds is 4. The first kappa shape index (κ1) is 13.8. The molecule has 2 fully saturated rings. The standard InChI is InChI=1S/C14H26N2O2/c1-10-4-5-11(15)9-13(10)14(17)16-7-6-12-3-2-8-18-12/h10-13H,2-9,15H2,1H3,(H,16,17). The van der Waals surface area contributed by atoms with Gasteiger partial charge in [0.05, 0.1) is 6.10 Å². The molecule has 4 unspecified atom stereocenters. The van der Waals surface area contributed by atoms with Gasteiger partial charge in [-0.05, 0) is 44.4 Å². The monoisotopic (exact) mass is 254 g/mol. The highest BCUT2D eigenvalue weighted by Crippen LogP contribution is 2.29. The number of hydrogen-bond donors (Lipinski definition) is 2. The summed E-state index contributed by atoms with van der Waals surface area (Å²) in [6, 6.07) is 0.204. The summed E-state index contributed by atoms with van der Waals surface area (Å²) in [5, 5.41) is 3.06. The van der Waals surface area contributed by atoms with Gasteiger partial charge in [-0.15, -0.1) is 0 Å². The van der Waals surface area contributed by atoms with E-state index in [1.165, 1.54) is 0 Å². The minimum Gasteiger partial charge on any atom is -0.378 e. The molecule has 0 aromatic rings. The van der Waals surface area contributed by atoms with Crippen LogP contribution in [0.1, 0.15) is 45.4 Å². The fourth-order valence-electron chi connectivity index (χ4n) is 3.08. The van der Waals surface area contributed by atoms with E-state index in [1.807, 2.05) is 0 Å². The Bertz CT molecular complexity index is 277. The number of amides is 1. The summed E-state index contributed by atoms with van der Waals surface area (Å²) >= 11 is 0. The maximum atomic E-state index is 12.1. The molecule has 1 aliphatic heterocycles. The Kier molecular flexibility index (Phi) is 5.01. The molecular formula is C14H26N2O2. The molecule has 3 N–H and O–H groups in total. The largest absolute Gasteiger partial charge is 0.378 e. The summed E-state index contributed by atoms with van der Waals surface area (Å²) in [6.45, 7) is 3.78. The van der Waals surface area contributed by atoms with E-state index in [4.69, 9.17) is 10.5 Å². The molecule has 4 atom stereocenters. The van der Waals surface area contributed by atoms with Crippen LogP contribution < -0.4 is 11.1 Å².